The average Bonchev–Trinajstić information content (AvgIpc) is 3.35. The van der Waals surface area contributed by atoms with Crippen molar-refractivity contribution in [2.75, 3.05) is 18.0 Å². The van der Waals surface area contributed by atoms with Crippen molar-refractivity contribution < 1.29 is 13.2 Å². The first-order chi connectivity index (χ1) is 17.3. The molecule has 1 aliphatic rings. The predicted molar refractivity (Wildman–Crippen MR) is 145 cm³/mol. The van der Waals surface area contributed by atoms with Crippen molar-refractivity contribution in [1.29, 1.82) is 0 Å². The molecule has 1 aromatic heterocycles. The Labute approximate surface area is 216 Å². The summed E-state index contributed by atoms with van der Waals surface area (Å²) in [5.41, 5.74) is 4.59. The Morgan fingerprint density at radius 2 is 1.64 bits per heavy atom. The van der Waals surface area contributed by atoms with Gasteiger partial charge in [0.1, 0.15) is 0 Å². The quantitative estimate of drug-likeness (QED) is 0.316. The highest BCUT2D eigenvalue weighted by atomic mass is 32.2. The molecule has 0 radical (unpaired) electrons. The fourth-order valence-corrected chi connectivity index (χ4v) is 7.04. The van der Waals surface area contributed by atoms with E-state index in [9.17, 15) is 13.2 Å². The van der Waals surface area contributed by atoms with Crippen LogP contribution in [0.15, 0.2) is 71.6 Å². The van der Waals surface area contributed by atoms with Crippen LogP contribution in [0.3, 0.4) is 0 Å². The molecule has 1 amide bonds. The molecule has 36 heavy (non-hydrogen) atoms. The summed E-state index contributed by atoms with van der Waals surface area (Å²) >= 11 is 1.49. The van der Waals surface area contributed by atoms with Gasteiger partial charge in [-0.15, -0.1) is 0 Å². The third kappa shape index (κ3) is 4.81. The van der Waals surface area contributed by atoms with Crippen LogP contribution in [0.25, 0.3) is 10.2 Å². The highest BCUT2D eigenvalue weighted by Gasteiger charge is 2.27. The molecule has 1 fully saturated rings. The van der Waals surface area contributed by atoms with Crippen molar-refractivity contribution in [3.05, 3.63) is 89.0 Å². The molecular formula is C28H29N3O3S2. The zero-order valence-corrected chi connectivity index (χ0v) is 22.1. The highest BCUT2D eigenvalue weighted by Crippen LogP contribution is 2.33. The van der Waals surface area contributed by atoms with Crippen molar-refractivity contribution in [3.63, 3.8) is 0 Å². The molecule has 186 valence electrons. The molecule has 4 aromatic rings. The second-order valence-electron chi connectivity index (χ2n) is 9.22. The van der Waals surface area contributed by atoms with Gasteiger partial charge in [-0.3, -0.25) is 9.69 Å². The summed E-state index contributed by atoms with van der Waals surface area (Å²) in [6, 6.07) is 20.2. The van der Waals surface area contributed by atoms with E-state index < -0.39 is 10.0 Å². The highest BCUT2D eigenvalue weighted by molar-refractivity contribution is 7.89. The van der Waals surface area contributed by atoms with Gasteiger partial charge in [-0.25, -0.2) is 13.4 Å². The summed E-state index contributed by atoms with van der Waals surface area (Å²) in [5.74, 6) is -0.214. The first-order valence-corrected chi connectivity index (χ1v) is 14.4. The zero-order valence-electron chi connectivity index (χ0n) is 20.5. The number of aromatic nitrogens is 1. The molecule has 5 rings (SSSR count). The largest absolute Gasteiger partial charge is 0.279 e. The van der Waals surface area contributed by atoms with Crippen LogP contribution >= 0.6 is 11.3 Å². The molecule has 1 saturated heterocycles. The second kappa shape index (κ2) is 10.1. The average molecular weight is 520 g/mol. The number of thiazole rings is 1. The third-order valence-corrected chi connectivity index (χ3v) is 9.74. The van der Waals surface area contributed by atoms with Gasteiger partial charge in [-0.05, 0) is 73.7 Å². The Bertz CT molecular complexity index is 1490. The van der Waals surface area contributed by atoms with Gasteiger partial charge < -0.3 is 0 Å². The molecule has 0 unspecified atom stereocenters. The maximum Gasteiger partial charge on any atom is 0.260 e. The SMILES string of the molecule is Cc1ccc2sc(N(Cc3ccccc3)C(=O)c3ccc(S(=O)(=O)N4CCCCC4)cc3)nc2c1C. The normalized spacial score (nSPS) is 14.7. The van der Waals surface area contributed by atoms with Crippen molar-refractivity contribution in [3.8, 4) is 0 Å². The number of sulfonamides is 1. The third-order valence-electron chi connectivity index (χ3n) is 6.79. The lowest BCUT2D eigenvalue weighted by molar-refractivity contribution is 0.0985. The number of rotatable bonds is 6. The number of piperidine rings is 1. The molecule has 0 bridgehead atoms. The van der Waals surface area contributed by atoms with E-state index in [-0.39, 0.29) is 10.8 Å². The number of anilines is 1. The summed E-state index contributed by atoms with van der Waals surface area (Å²) in [7, 11) is -3.55. The summed E-state index contributed by atoms with van der Waals surface area (Å²) in [6.07, 6.45) is 2.82. The summed E-state index contributed by atoms with van der Waals surface area (Å²) in [6.45, 7) is 5.56. The summed E-state index contributed by atoms with van der Waals surface area (Å²) < 4.78 is 28.7. The van der Waals surface area contributed by atoms with Crippen LogP contribution in [0.5, 0.6) is 0 Å². The van der Waals surface area contributed by atoms with Crippen LogP contribution in [-0.2, 0) is 16.6 Å². The van der Waals surface area contributed by atoms with Crippen LogP contribution < -0.4 is 4.90 Å². The Morgan fingerprint density at radius 1 is 0.944 bits per heavy atom. The number of nitrogens with zero attached hydrogens (tertiary/aromatic N) is 3. The van der Waals surface area contributed by atoms with Gasteiger partial charge in [-0.2, -0.15) is 4.31 Å². The molecule has 0 saturated carbocycles. The first-order valence-electron chi connectivity index (χ1n) is 12.2. The number of benzene rings is 3. The molecule has 0 N–H and O–H groups in total. The minimum absolute atomic E-state index is 0.214. The van der Waals surface area contributed by atoms with Crippen molar-refractivity contribution in [2.24, 2.45) is 0 Å². The van der Waals surface area contributed by atoms with Gasteiger partial charge in [-0.1, -0.05) is 54.2 Å². The van der Waals surface area contributed by atoms with Gasteiger partial charge >= 0.3 is 0 Å². The van der Waals surface area contributed by atoms with E-state index in [1.165, 1.54) is 11.3 Å². The standard InChI is InChI=1S/C28H29N3O3S2/c1-20-11-16-25-26(21(20)2)29-28(35-25)31(19-22-9-5-3-6-10-22)27(32)23-12-14-24(15-13-23)36(33,34)30-17-7-4-8-18-30/h3,5-6,9-16H,4,7-8,17-19H2,1-2H3. The fraction of sp³-hybridized carbons (Fsp3) is 0.286. The number of hydrogen-bond donors (Lipinski definition) is 0. The van der Waals surface area contributed by atoms with Gasteiger partial charge in [0.15, 0.2) is 5.13 Å². The number of aryl methyl sites for hydroxylation is 2. The number of amides is 1. The van der Waals surface area contributed by atoms with Crippen molar-refractivity contribution >= 4 is 42.6 Å². The summed E-state index contributed by atoms with van der Waals surface area (Å²) in [5, 5.41) is 0.623. The predicted octanol–water partition coefficient (Wildman–Crippen LogP) is 5.93. The lowest BCUT2D eigenvalue weighted by Gasteiger charge is -2.26. The van der Waals surface area contributed by atoms with E-state index in [0.29, 0.717) is 30.3 Å². The van der Waals surface area contributed by atoms with Gasteiger partial charge in [0.2, 0.25) is 10.0 Å². The molecule has 0 atom stereocenters. The monoisotopic (exact) mass is 519 g/mol. The van der Waals surface area contributed by atoms with Gasteiger partial charge in [0.25, 0.3) is 5.91 Å². The lowest BCUT2D eigenvalue weighted by Crippen LogP contribution is -2.35. The number of carbonyl (C=O) groups is 1. The lowest BCUT2D eigenvalue weighted by atomic mass is 10.1. The summed E-state index contributed by atoms with van der Waals surface area (Å²) in [4.78, 5) is 20.5. The van der Waals surface area contributed by atoms with Crippen LogP contribution in [0.2, 0.25) is 0 Å². The second-order valence-corrected chi connectivity index (χ2v) is 12.2. The van der Waals surface area contributed by atoms with E-state index >= 15 is 0 Å². The molecular weight excluding hydrogens is 490 g/mol. The molecule has 8 heteroatoms. The molecule has 2 heterocycles. The van der Waals surface area contributed by atoms with Crippen LogP contribution in [0.4, 0.5) is 5.13 Å². The Hall–Kier alpha value is -3.07. The van der Waals surface area contributed by atoms with Crippen molar-refractivity contribution in [2.45, 2.75) is 44.6 Å². The number of hydrogen-bond acceptors (Lipinski definition) is 5. The van der Waals surface area contributed by atoms with E-state index in [0.717, 1.165) is 46.2 Å². The molecule has 1 aliphatic heterocycles. The number of fused-ring (bicyclic) bond motifs is 1. The molecule has 3 aromatic carbocycles. The molecule has 6 nitrogen and oxygen atoms in total. The maximum absolute atomic E-state index is 13.8. The molecule has 0 spiro atoms. The Kier molecular flexibility index (Phi) is 6.92. The topological polar surface area (TPSA) is 70.6 Å². The minimum Gasteiger partial charge on any atom is -0.279 e. The van der Waals surface area contributed by atoms with E-state index in [2.05, 4.69) is 13.0 Å². The maximum atomic E-state index is 13.8. The minimum atomic E-state index is -3.55. The Balaban J connectivity index is 1.49. The van der Waals surface area contributed by atoms with Crippen LogP contribution in [-0.4, -0.2) is 36.7 Å². The van der Waals surface area contributed by atoms with E-state index in [1.54, 1.807) is 33.5 Å². The van der Waals surface area contributed by atoms with Crippen LogP contribution in [0, 0.1) is 13.8 Å². The molecule has 0 aliphatic carbocycles. The van der Waals surface area contributed by atoms with Gasteiger partial charge in [0.05, 0.1) is 21.7 Å². The van der Waals surface area contributed by atoms with Crippen molar-refractivity contribution in [1.82, 2.24) is 9.29 Å². The van der Waals surface area contributed by atoms with E-state index in [4.69, 9.17) is 4.98 Å². The fourth-order valence-electron chi connectivity index (χ4n) is 4.50. The smallest absolute Gasteiger partial charge is 0.260 e. The zero-order chi connectivity index (χ0) is 25.3. The Morgan fingerprint density at radius 3 is 2.33 bits per heavy atom. The number of carbonyl (C=O) groups excluding carboxylic acids is 1. The van der Waals surface area contributed by atoms with Gasteiger partial charge in [0, 0.05) is 18.7 Å². The van der Waals surface area contributed by atoms with E-state index in [1.807, 2.05) is 43.3 Å². The first kappa shape index (κ1) is 24.6. The van der Waals surface area contributed by atoms with Crippen LogP contribution in [0.1, 0.15) is 46.3 Å².